The number of hydrogen-bond acceptors (Lipinski definition) is 3. The van der Waals surface area contributed by atoms with Gasteiger partial charge in [0.1, 0.15) is 0 Å². The van der Waals surface area contributed by atoms with Gasteiger partial charge in [-0.2, -0.15) is 0 Å². The van der Waals surface area contributed by atoms with Crippen LogP contribution in [0.3, 0.4) is 0 Å². The van der Waals surface area contributed by atoms with Crippen molar-refractivity contribution in [2.75, 3.05) is 33.0 Å². The van der Waals surface area contributed by atoms with E-state index in [0.717, 1.165) is 19.1 Å². The van der Waals surface area contributed by atoms with Gasteiger partial charge in [-0.15, -0.1) is 0 Å². The summed E-state index contributed by atoms with van der Waals surface area (Å²) in [5, 5.41) is 0. The molecule has 0 heterocycles. The highest BCUT2D eigenvalue weighted by molar-refractivity contribution is 4.66. The Morgan fingerprint density at radius 2 is 1.69 bits per heavy atom. The zero-order valence-electron chi connectivity index (χ0n) is 8.34. The normalized spacial score (nSPS) is 18.2. The molecule has 1 fully saturated rings. The molecule has 0 atom stereocenters. The van der Waals surface area contributed by atoms with Crippen LogP contribution in [-0.4, -0.2) is 33.0 Å². The molecule has 0 aliphatic heterocycles. The van der Waals surface area contributed by atoms with E-state index in [0.29, 0.717) is 19.8 Å². The standard InChI is InChI=1S/C10H21NO2/c11-5-6-12-7-8-13-9-10-3-1-2-4-10/h10H,1-9,11H2. The van der Waals surface area contributed by atoms with Crippen LogP contribution in [0, 0.1) is 5.92 Å². The van der Waals surface area contributed by atoms with Gasteiger partial charge in [-0.1, -0.05) is 12.8 Å². The van der Waals surface area contributed by atoms with Gasteiger partial charge in [0.2, 0.25) is 0 Å². The predicted molar refractivity (Wildman–Crippen MR) is 52.7 cm³/mol. The van der Waals surface area contributed by atoms with Crippen molar-refractivity contribution in [1.29, 1.82) is 0 Å². The molecule has 13 heavy (non-hydrogen) atoms. The van der Waals surface area contributed by atoms with Crippen LogP contribution < -0.4 is 5.73 Å². The highest BCUT2D eigenvalue weighted by Crippen LogP contribution is 2.24. The second kappa shape index (κ2) is 7.30. The summed E-state index contributed by atoms with van der Waals surface area (Å²) in [4.78, 5) is 0. The van der Waals surface area contributed by atoms with Crippen molar-refractivity contribution < 1.29 is 9.47 Å². The largest absolute Gasteiger partial charge is 0.379 e. The summed E-state index contributed by atoms with van der Waals surface area (Å²) >= 11 is 0. The number of hydrogen-bond donors (Lipinski definition) is 1. The quantitative estimate of drug-likeness (QED) is 0.608. The van der Waals surface area contributed by atoms with Crippen molar-refractivity contribution in [3.8, 4) is 0 Å². The zero-order chi connectivity index (χ0) is 9.36. The van der Waals surface area contributed by atoms with Crippen LogP contribution in [0.2, 0.25) is 0 Å². The molecule has 1 aliphatic rings. The molecule has 1 saturated carbocycles. The van der Waals surface area contributed by atoms with Gasteiger partial charge in [0, 0.05) is 13.2 Å². The summed E-state index contributed by atoms with van der Waals surface area (Å²) in [7, 11) is 0. The Hall–Kier alpha value is -0.120. The lowest BCUT2D eigenvalue weighted by Gasteiger charge is -2.09. The first-order valence-electron chi connectivity index (χ1n) is 5.29. The number of nitrogens with two attached hydrogens (primary N) is 1. The summed E-state index contributed by atoms with van der Waals surface area (Å²) < 4.78 is 10.7. The van der Waals surface area contributed by atoms with Gasteiger partial charge >= 0.3 is 0 Å². The van der Waals surface area contributed by atoms with Gasteiger partial charge in [-0.25, -0.2) is 0 Å². The van der Waals surface area contributed by atoms with Crippen molar-refractivity contribution in [2.24, 2.45) is 11.7 Å². The van der Waals surface area contributed by atoms with E-state index in [-0.39, 0.29) is 0 Å². The van der Waals surface area contributed by atoms with Crippen molar-refractivity contribution in [2.45, 2.75) is 25.7 Å². The molecular weight excluding hydrogens is 166 g/mol. The fraction of sp³-hybridized carbons (Fsp3) is 1.00. The molecule has 0 unspecified atom stereocenters. The molecular formula is C10H21NO2. The highest BCUT2D eigenvalue weighted by atomic mass is 16.5. The summed E-state index contributed by atoms with van der Waals surface area (Å²) in [6, 6.07) is 0. The first kappa shape index (κ1) is 11.0. The third-order valence-electron chi connectivity index (χ3n) is 2.46. The molecule has 0 radical (unpaired) electrons. The SMILES string of the molecule is NCCOCCOCC1CCCC1. The fourth-order valence-electron chi connectivity index (χ4n) is 1.73. The van der Waals surface area contributed by atoms with Crippen molar-refractivity contribution in [3.63, 3.8) is 0 Å². The molecule has 2 N–H and O–H groups in total. The smallest absolute Gasteiger partial charge is 0.0701 e. The van der Waals surface area contributed by atoms with Gasteiger partial charge in [0.05, 0.1) is 19.8 Å². The molecule has 78 valence electrons. The van der Waals surface area contributed by atoms with Crippen LogP contribution in [0.1, 0.15) is 25.7 Å². The van der Waals surface area contributed by atoms with Gasteiger partial charge < -0.3 is 15.2 Å². The number of ether oxygens (including phenoxy) is 2. The summed E-state index contributed by atoms with van der Waals surface area (Å²) in [5.74, 6) is 0.814. The topological polar surface area (TPSA) is 44.5 Å². The lowest BCUT2D eigenvalue weighted by Crippen LogP contribution is -2.14. The summed E-state index contributed by atoms with van der Waals surface area (Å²) in [6.45, 7) is 3.57. The minimum absolute atomic E-state index is 0.600. The van der Waals surface area contributed by atoms with Crippen molar-refractivity contribution in [3.05, 3.63) is 0 Å². The Bertz CT molecular complexity index is 113. The maximum Gasteiger partial charge on any atom is 0.0701 e. The Kier molecular flexibility index (Phi) is 6.15. The average Bonchev–Trinajstić information content (AvgIpc) is 2.63. The second-order valence-electron chi connectivity index (χ2n) is 3.63. The molecule has 0 saturated heterocycles. The second-order valence-corrected chi connectivity index (χ2v) is 3.63. The maximum absolute atomic E-state index is 5.50. The van der Waals surface area contributed by atoms with E-state index in [1.54, 1.807) is 0 Å². The lowest BCUT2D eigenvalue weighted by molar-refractivity contribution is 0.0366. The zero-order valence-corrected chi connectivity index (χ0v) is 8.34. The first-order valence-corrected chi connectivity index (χ1v) is 5.29. The Morgan fingerprint density at radius 3 is 2.38 bits per heavy atom. The van der Waals surface area contributed by atoms with Crippen LogP contribution >= 0.6 is 0 Å². The average molecular weight is 187 g/mol. The number of rotatable bonds is 7. The summed E-state index contributed by atoms with van der Waals surface area (Å²) in [6.07, 6.45) is 5.47. The van der Waals surface area contributed by atoms with E-state index in [9.17, 15) is 0 Å². The van der Waals surface area contributed by atoms with Crippen LogP contribution in [0.15, 0.2) is 0 Å². The molecule has 0 amide bonds. The molecule has 0 aromatic heterocycles. The van der Waals surface area contributed by atoms with Gasteiger partial charge in [-0.05, 0) is 18.8 Å². The highest BCUT2D eigenvalue weighted by Gasteiger charge is 2.14. The Balaban J connectivity index is 1.78. The van der Waals surface area contributed by atoms with E-state index in [4.69, 9.17) is 15.2 Å². The molecule has 0 bridgehead atoms. The minimum Gasteiger partial charge on any atom is -0.379 e. The van der Waals surface area contributed by atoms with Gasteiger partial charge in [0.25, 0.3) is 0 Å². The van der Waals surface area contributed by atoms with Crippen LogP contribution in [-0.2, 0) is 9.47 Å². The van der Waals surface area contributed by atoms with Crippen molar-refractivity contribution >= 4 is 0 Å². The van der Waals surface area contributed by atoms with Crippen LogP contribution in [0.5, 0.6) is 0 Å². The third-order valence-corrected chi connectivity index (χ3v) is 2.46. The molecule has 1 rings (SSSR count). The molecule has 1 aliphatic carbocycles. The molecule has 0 aromatic carbocycles. The molecule has 3 nitrogen and oxygen atoms in total. The molecule has 3 heteroatoms. The van der Waals surface area contributed by atoms with E-state index >= 15 is 0 Å². The monoisotopic (exact) mass is 187 g/mol. The first-order chi connectivity index (χ1) is 6.43. The van der Waals surface area contributed by atoms with E-state index in [1.807, 2.05) is 0 Å². The van der Waals surface area contributed by atoms with Crippen LogP contribution in [0.4, 0.5) is 0 Å². The third kappa shape index (κ3) is 5.24. The minimum atomic E-state index is 0.600. The lowest BCUT2D eigenvalue weighted by atomic mass is 10.1. The predicted octanol–water partition coefficient (Wildman–Crippen LogP) is 1.17. The molecule has 0 aromatic rings. The fourth-order valence-corrected chi connectivity index (χ4v) is 1.73. The van der Waals surface area contributed by atoms with Gasteiger partial charge in [-0.3, -0.25) is 0 Å². The Morgan fingerprint density at radius 1 is 1.00 bits per heavy atom. The summed E-state index contributed by atoms with van der Waals surface area (Å²) in [5.41, 5.74) is 5.28. The molecule has 0 spiro atoms. The van der Waals surface area contributed by atoms with Crippen LogP contribution in [0.25, 0.3) is 0 Å². The van der Waals surface area contributed by atoms with Crippen molar-refractivity contribution in [1.82, 2.24) is 0 Å². The van der Waals surface area contributed by atoms with E-state index in [2.05, 4.69) is 0 Å². The van der Waals surface area contributed by atoms with E-state index in [1.165, 1.54) is 25.7 Å². The Labute approximate surface area is 80.6 Å². The van der Waals surface area contributed by atoms with E-state index < -0.39 is 0 Å². The maximum atomic E-state index is 5.50. The van der Waals surface area contributed by atoms with Gasteiger partial charge in [0.15, 0.2) is 0 Å².